The first-order valence-corrected chi connectivity index (χ1v) is 6.89. The van der Waals surface area contributed by atoms with E-state index in [2.05, 4.69) is 12.2 Å². The minimum atomic E-state index is 0.510. The molecule has 1 aromatic rings. The standard InChI is InChI=1S/C15H25NO4/c1-4-16-12-13-5-6-14(18-3)11-15(13)20-10-9-19-8-7-17-2/h5-6,11,16H,4,7-10,12H2,1-3H3. The second-order valence-electron chi connectivity index (χ2n) is 4.21. The Morgan fingerprint density at radius 2 is 1.85 bits per heavy atom. The highest BCUT2D eigenvalue weighted by Gasteiger charge is 2.05. The van der Waals surface area contributed by atoms with E-state index in [0.717, 1.165) is 30.2 Å². The van der Waals surface area contributed by atoms with E-state index < -0.39 is 0 Å². The normalized spacial score (nSPS) is 10.6. The Morgan fingerprint density at radius 3 is 2.55 bits per heavy atom. The van der Waals surface area contributed by atoms with E-state index >= 15 is 0 Å². The van der Waals surface area contributed by atoms with Crippen LogP contribution in [0.1, 0.15) is 12.5 Å². The lowest BCUT2D eigenvalue weighted by molar-refractivity contribution is 0.0542. The summed E-state index contributed by atoms with van der Waals surface area (Å²) in [5, 5.41) is 3.29. The van der Waals surface area contributed by atoms with E-state index in [1.807, 2.05) is 18.2 Å². The van der Waals surface area contributed by atoms with Crippen LogP contribution in [0.2, 0.25) is 0 Å². The van der Waals surface area contributed by atoms with Gasteiger partial charge >= 0.3 is 0 Å². The van der Waals surface area contributed by atoms with Crippen LogP contribution < -0.4 is 14.8 Å². The number of methoxy groups -OCH3 is 2. The number of benzene rings is 1. The molecule has 1 aromatic carbocycles. The molecule has 5 nitrogen and oxygen atoms in total. The fourth-order valence-electron chi connectivity index (χ4n) is 1.66. The molecular weight excluding hydrogens is 258 g/mol. The Morgan fingerprint density at radius 1 is 1.05 bits per heavy atom. The van der Waals surface area contributed by atoms with Crippen LogP contribution in [-0.4, -0.2) is 47.2 Å². The zero-order valence-corrected chi connectivity index (χ0v) is 12.6. The third-order valence-electron chi connectivity index (χ3n) is 2.76. The second-order valence-corrected chi connectivity index (χ2v) is 4.21. The molecule has 114 valence electrons. The first kappa shape index (κ1) is 16.8. The van der Waals surface area contributed by atoms with Gasteiger partial charge in [-0.05, 0) is 12.6 Å². The summed E-state index contributed by atoms with van der Waals surface area (Å²) >= 11 is 0. The molecule has 1 N–H and O–H groups in total. The monoisotopic (exact) mass is 283 g/mol. The van der Waals surface area contributed by atoms with Crippen molar-refractivity contribution in [1.29, 1.82) is 0 Å². The van der Waals surface area contributed by atoms with Crippen LogP contribution in [-0.2, 0) is 16.0 Å². The molecule has 0 heterocycles. The highest BCUT2D eigenvalue weighted by Crippen LogP contribution is 2.24. The van der Waals surface area contributed by atoms with Crippen molar-refractivity contribution in [3.05, 3.63) is 23.8 Å². The minimum absolute atomic E-state index is 0.510. The van der Waals surface area contributed by atoms with Crippen molar-refractivity contribution in [3.63, 3.8) is 0 Å². The van der Waals surface area contributed by atoms with Gasteiger partial charge in [0.05, 0.1) is 26.9 Å². The van der Waals surface area contributed by atoms with Gasteiger partial charge in [0.2, 0.25) is 0 Å². The van der Waals surface area contributed by atoms with E-state index in [1.54, 1.807) is 14.2 Å². The van der Waals surface area contributed by atoms with E-state index in [4.69, 9.17) is 18.9 Å². The smallest absolute Gasteiger partial charge is 0.127 e. The molecular formula is C15H25NO4. The molecule has 0 aromatic heterocycles. The number of nitrogens with one attached hydrogen (secondary N) is 1. The first-order valence-electron chi connectivity index (χ1n) is 6.89. The van der Waals surface area contributed by atoms with E-state index in [1.165, 1.54) is 0 Å². The van der Waals surface area contributed by atoms with Gasteiger partial charge in [-0.15, -0.1) is 0 Å². The third-order valence-corrected chi connectivity index (χ3v) is 2.76. The summed E-state index contributed by atoms with van der Waals surface area (Å²) < 4.78 is 21.3. The SMILES string of the molecule is CCNCc1ccc(OC)cc1OCCOCCOC. The van der Waals surface area contributed by atoms with Crippen molar-refractivity contribution in [3.8, 4) is 11.5 Å². The van der Waals surface area contributed by atoms with Gasteiger partial charge in [-0.2, -0.15) is 0 Å². The van der Waals surface area contributed by atoms with Crippen LogP contribution in [0.3, 0.4) is 0 Å². The van der Waals surface area contributed by atoms with Crippen LogP contribution in [0.25, 0.3) is 0 Å². The van der Waals surface area contributed by atoms with Gasteiger partial charge < -0.3 is 24.3 Å². The summed E-state index contributed by atoms with van der Waals surface area (Å²) in [6.45, 7) is 6.02. The average Bonchev–Trinajstić information content (AvgIpc) is 2.49. The average molecular weight is 283 g/mol. The molecule has 0 unspecified atom stereocenters. The maximum atomic E-state index is 5.77. The van der Waals surface area contributed by atoms with Crippen molar-refractivity contribution < 1.29 is 18.9 Å². The Hall–Kier alpha value is -1.30. The fraction of sp³-hybridized carbons (Fsp3) is 0.600. The van der Waals surface area contributed by atoms with Crippen LogP contribution in [0.4, 0.5) is 0 Å². The van der Waals surface area contributed by atoms with Crippen molar-refractivity contribution in [2.45, 2.75) is 13.5 Å². The zero-order chi connectivity index (χ0) is 14.6. The van der Waals surface area contributed by atoms with E-state index in [9.17, 15) is 0 Å². The molecule has 0 atom stereocenters. The van der Waals surface area contributed by atoms with Gasteiger partial charge in [-0.3, -0.25) is 0 Å². The molecule has 0 amide bonds. The molecule has 1 rings (SSSR count). The van der Waals surface area contributed by atoms with Gasteiger partial charge in [-0.25, -0.2) is 0 Å². The van der Waals surface area contributed by atoms with Crippen molar-refractivity contribution in [2.24, 2.45) is 0 Å². The lowest BCUT2D eigenvalue weighted by atomic mass is 10.2. The van der Waals surface area contributed by atoms with Gasteiger partial charge in [-0.1, -0.05) is 13.0 Å². The predicted octanol–water partition coefficient (Wildman–Crippen LogP) is 1.85. The van der Waals surface area contributed by atoms with Crippen LogP contribution in [0, 0.1) is 0 Å². The van der Waals surface area contributed by atoms with E-state index in [-0.39, 0.29) is 0 Å². The Kier molecular flexibility index (Phi) is 8.78. The summed E-state index contributed by atoms with van der Waals surface area (Å²) in [6.07, 6.45) is 0. The molecule has 0 radical (unpaired) electrons. The molecule has 0 bridgehead atoms. The van der Waals surface area contributed by atoms with E-state index in [0.29, 0.717) is 26.4 Å². The Balaban J connectivity index is 2.47. The fourth-order valence-corrected chi connectivity index (χ4v) is 1.66. The summed E-state index contributed by atoms with van der Waals surface area (Å²) in [4.78, 5) is 0. The molecule has 20 heavy (non-hydrogen) atoms. The number of hydrogen-bond acceptors (Lipinski definition) is 5. The molecule has 0 aliphatic carbocycles. The highest BCUT2D eigenvalue weighted by molar-refractivity contribution is 5.40. The number of hydrogen-bond donors (Lipinski definition) is 1. The molecule has 0 saturated carbocycles. The summed E-state index contributed by atoms with van der Waals surface area (Å²) in [7, 11) is 3.31. The molecule has 5 heteroatoms. The van der Waals surface area contributed by atoms with Crippen LogP contribution in [0.5, 0.6) is 11.5 Å². The summed E-state index contributed by atoms with van der Waals surface area (Å²) in [5.74, 6) is 1.63. The number of ether oxygens (including phenoxy) is 4. The molecule has 0 spiro atoms. The van der Waals surface area contributed by atoms with Gasteiger partial charge in [0.1, 0.15) is 18.1 Å². The van der Waals surface area contributed by atoms with Crippen molar-refractivity contribution in [2.75, 3.05) is 47.2 Å². The molecule has 0 saturated heterocycles. The molecule has 0 fully saturated rings. The predicted molar refractivity (Wildman–Crippen MR) is 78.6 cm³/mol. The van der Waals surface area contributed by atoms with Crippen LogP contribution in [0.15, 0.2) is 18.2 Å². The Bertz CT molecular complexity index is 371. The first-order chi connectivity index (χ1) is 9.81. The topological polar surface area (TPSA) is 49.0 Å². The van der Waals surface area contributed by atoms with Gasteiger partial charge in [0.15, 0.2) is 0 Å². The lowest BCUT2D eigenvalue weighted by Crippen LogP contribution is -2.14. The second kappa shape index (κ2) is 10.5. The Labute approximate surface area is 121 Å². The van der Waals surface area contributed by atoms with Crippen LogP contribution >= 0.6 is 0 Å². The largest absolute Gasteiger partial charge is 0.497 e. The quantitative estimate of drug-likeness (QED) is 0.628. The van der Waals surface area contributed by atoms with Gasteiger partial charge in [0, 0.05) is 25.3 Å². The van der Waals surface area contributed by atoms with Crippen molar-refractivity contribution >= 4 is 0 Å². The summed E-state index contributed by atoms with van der Waals surface area (Å²) in [5.41, 5.74) is 1.12. The molecule has 0 aliphatic heterocycles. The maximum Gasteiger partial charge on any atom is 0.127 e. The zero-order valence-electron chi connectivity index (χ0n) is 12.6. The summed E-state index contributed by atoms with van der Waals surface area (Å²) in [6, 6.07) is 5.86. The third kappa shape index (κ3) is 6.23. The highest BCUT2D eigenvalue weighted by atomic mass is 16.5. The van der Waals surface area contributed by atoms with Crippen molar-refractivity contribution in [1.82, 2.24) is 5.32 Å². The maximum absolute atomic E-state index is 5.77. The lowest BCUT2D eigenvalue weighted by Gasteiger charge is -2.13. The number of rotatable bonds is 11. The minimum Gasteiger partial charge on any atom is -0.497 e. The molecule has 0 aliphatic rings. The van der Waals surface area contributed by atoms with Gasteiger partial charge in [0.25, 0.3) is 0 Å².